The number of carbonyl (C=O) groups is 2. The van der Waals surface area contributed by atoms with E-state index in [2.05, 4.69) is 0 Å². The van der Waals surface area contributed by atoms with Gasteiger partial charge in [0.2, 0.25) is 0 Å². The van der Waals surface area contributed by atoms with Gasteiger partial charge in [-0.15, -0.1) is 0 Å². The van der Waals surface area contributed by atoms with Crippen LogP contribution in [0.3, 0.4) is 0 Å². The van der Waals surface area contributed by atoms with Crippen molar-refractivity contribution in [1.29, 1.82) is 0 Å². The summed E-state index contributed by atoms with van der Waals surface area (Å²) in [5.74, 6) is -2.17. The molecule has 0 saturated heterocycles. The Hall–Kier alpha value is -0.558. The van der Waals surface area contributed by atoms with E-state index in [0.717, 1.165) is 13.8 Å². The summed E-state index contributed by atoms with van der Waals surface area (Å²) in [6.07, 6.45) is 0. The van der Waals surface area contributed by atoms with Crippen LogP contribution in [0.4, 0.5) is 0 Å². The SMILES string of the molecule is CC(=O)[O-].CC(=O)[O-].NCCN.NCCN.[Pd+2]. The zero-order chi connectivity index (χ0) is 14.0. The molecule has 0 radical (unpaired) electrons. The van der Waals surface area contributed by atoms with Crippen molar-refractivity contribution in [3.8, 4) is 0 Å². The second kappa shape index (κ2) is 36.1. The Kier molecular flexibility index (Phi) is 63.6. The Balaban J connectivity index is -0.0000000369. The third-order valence-corrected chi connectivity index (χ3v) is 0.333. The molecule has 0 rings (SSSR count). The van der Waals surface area contributed by atoms with Crippen LogP contribution < -0.4 is 33.1 Å². The average molecular weight is 345 g/mol. The van der Waals surface area contributed by atoms with Crippen LogP contribution in [0.25, 0.3) is 0 Å². The van der Waals surface area contributed by atoms with Crippen molar-refractivity contribution in [1.82, 2.24) is 0 Å². The van der Waals surface area contributed by atoms with Crippen LogP contribution in [0.15, 0.2) is 0 Å². The van der Waals surface area contributed by atoms with E-state index in [1.807, 2.05) is 0 Å². The number of nitrogens with two attached hydrogens (primary N) is 4. The quantitative estimate of drug-likeness (QED) is 0.360. The predicted octanol–water partition coefficient (Wildman–Crippen LogP) is -4.68. The molecule has 0 heterocycles. The van der Waals surface area contributed by atoms with Gasteiger partial charge in [0.1, 0.15) is 0 Å². The molecule has 0 fully saturated rings. The summed E-state index contributed by atoms with van der Waals surface area (Å²) >= 11 is 0. The van der Waals surface area contributed by atoms with E-state index in [1.54, 1.807) is 0 Å². The van der Waals surface area contributed by atoms with Crippen molar-refractivity contribution in [2.75, 3.05) is 26.2 Å². The van der Waals surface area contributed by atoms with Crippen molar-refractivity contribution < 1.29 is 40.2 Å². The molecule has 17 heavy (non-hydrogen) atoms. The number of hydrogen-bond acceptors (Lipinski definition) is 8. The van der Waals surface area contributed by atoms with Crippen LogP contribution in [0.5, 0.6) is 0 Å². The minimum atomic E-state index is -1.08. The van der Waals surface area contributed by atoms with Gasteiger partial charge < -0.3 is 42.7 Å². The molecule has 0 aliphatic carbocycles. The zero-order valence-corrected chi connectivity index (χ0v) is 11.6. The molecular formula is C8H22N4O4Pd. The van der Waals surface area contributed by atoms with Gasteiger partial charge in [-0.3, -0.25) is 0 Å². The summed E-state index contributed by atoms with van der Waals surface area (Å²) in [5.41, 5.74) is 19.6. The molecule has 0 unspecified atom stereocenters. The third kappa shape index (κ3) is 1340. The summed E-state index contributed by atoms with van der Waals surface area (Å²) in [7, 11) is 0. The molecule has 0 saturated carbocycles. The molecule has 0 aromatic rings. The fraction of sp³-hybridized carbons (Fsp3) is 0.750. The van der Waals surface area contributed by atoms with E-state index in [0.29, 0.717) is 26.2 Å². The monoisotopic (exact) mass is 344 g/mol. The first-order valence-corrected chi connectivity index (χ1v) is 4.45. The standard InChI is InChI=1S/2C2H8N2.2C2H4O2.Pd/c2*3-1-2-4;2*1-2(3)4;/h2*1-4H2;2*1H3,(H,3,4);/q;;;;+2/p-2. The molecule has 8 N–H and O–H groups in total. The summed E-state index contributed by atoms with van der Waals surface area (Å²) in [4.78, 5) is 17.8. The van der Waals surface area contributed by atoms with Crippen LogP contribution in [0.2, 0.25) is 0 Å². The van der Waals surface area contributed by atoms with Crippen LogP contribution in [0, 0.1) is 0 Å². The number of carboxylic acid groups (broad SMARTS) is 2. The molecular weight excluding hydrogens is 323 g/mol. The fourth-order valence-electron chi connectivity index (χ4n) is 0. The minimum absolute atomic E-state index is 0. The second-order valence-electron chi connectivity index (χ2n) is 2.14. The maximum absolute atomic E-state index is 8.89. The topological polar surface area (TPSA) is 184 Å². The van der Waals surface area contributed by atoms with Crippen LogP contribution in [-0.2, 0) is 30.0 Å². The molecule has 8 nitrogen and oxygen atoms in total. The van der Waals surface area contributed by atoms with Gasteiger partial charge in [0.25, 0.3) is 0 Å². The summed E-state index contributed by atoms with van der Waals surface area (Å²) in [6, 6.07) is 0. The molecule has 0 amide bonds. The molecule has 0 spiro atoms. The maximum atomic E-state index is 8.89. The van der Waals surface area contributed by atoms with Crippen molar-refractivity contribution in [2.24, 2.45) is 22.9 Å². The van der Waals surface area contributed by atoms with Gasteiger partial charge in [-0.1, -0.05) is 0 Å². The van der Waals surface area contributed by atoms with Gasteiger partial charge in [0.05, 0.1) is 0 Å². The van der Waals surface area contributed by atoms with Crippen LogP contribution >= 0.6 is 0 Å². The molecule has 9 heteroatoms. The number of hydrogen-bond donors (Lipinski definition) is 4. The third-order valence-electron chi connectivity index (χ3n) is 0.333. The normalized spacial score (nSPS) is 6.47. The van der Waals surface area contributed by atoms with Gasteiger partial charge in [-0.25, -0.2) is 0 Å². The number of rotatable bonds is 2. The van der Waals surface area contributed by atoms with Crippen LogP contribution in [0.1, 0.15) is 13.8 Å². The smallest absolute Gasteiger partial charge is 0.550 e. The fourth-order valence-corrected chi connectivity index (χ4v) is 0. The Morgan fingerprint density at radius 1 is 0.765 bits per heavy atom. The summed E-state index contributed by atoms with van der Waals surface area (Å²) in [6.45, 7) is 4.33. The maximum Gasteiger partial charge on any atom is 2.00 e. The first-order chi connectivity index (χ1) is 7.29. The van der Waals surface area contributed by atoms with Gasteiger partial charge >= 0.3 is 20.4 Å². The van der Waals surface area contributed by atoms with Crippen LogP contribution in [-0.4, -0.2) is 38.1 Å². The van der Waals surface area contributed by atoms with E-state index >= 15 is 0 Å². The minimum Gasteiger partial charge on any atom is -0.550 e. The van der Waals surface area contributed by atoms with E-state index in [1.165, 1.54) is 0 Å². The molecule has 0 atom stereocenters. The summed E-state index contributed by atoms with van der Waals surface area (Å²) in [5, 5.41) is 17.8. The largest absolute Gasteiger partial charge is 2.00 e. The number of carboxylic acids is 2. The predicted molar refractivity (Wildman–Crippen MR) is 57.6 cm³/mol. The molecule has 108 valence electrons. The Bertz CT molecular complexity index is 121. The van der Waals surface area contributed by atoms with Gasteiger partial charge in [0, 0.05) is 38.1 Å². The molecule has 0 aliphatic rings. The average Bonchev–Trinajstić information content (AvgIpc) is 2.16. The summed E-state index contributed by atoms with van der Waals surface area (Å²) < 4.78 is 0. The van der Waals surface area contributed by atoms with Crippen molar-refractivity contribution in [2.45, 2.75) is 13.8 Å². The van der Waals surface area contributed by atoms with Gasteiger partial charge in [-0.05, 0) is 13.8 Å². The zero-order valence-electron chi connectivity index (χ0n) is 10.1. The first kappa shape index (κ1) is 29.9. The second-order valence-corrected chi connectivity index (χ2v) is 2.14. The Morgan fingerprint density at radius 2 is 0.824 bits per heavy atom. The molecule has 0 aliphatic heterocycles. The van der Waals surface area contributed by atoms with Gasteiger partial charge in [0.15, 0.2) is 0 Å². The van der Waals surface area contributed by atoms with E-state index in [-0.39, 0.29) is 20.4 Å². The molecule has 0 bridgehead atoms. The number of carbonyl (C=O) groups excluding carboxylic acids is 2. The Morgan fingerprint density at radius 3 is 0.824 bits per heavy atom. The molecule has 0 aromatic heterocycles. The molecule has 0 aromatic carbocycles. The van der Waals surface area contributed by atoms with Crippen molar-refractivity contribution >= 4 is 11.9 Å². The van der Waals surface area contributed by atoms with Crippen molar-refractivity contribution in [3.05, 3.63) is 0 Å². The van der Waals surface area contributed by atoms with E-state index in [4.69, 9.17) is 42.7 Å². The Labute approximate surface area is 115 Å². The van der Waals surface area contributed by atoms with Gasteiger partial charge in [-0.2, -0.15) is 0 Å². The first-order valence-electron chi connectivity index (χ1n) is 4.45. The van der Waals surface area contributed by atoms with Crippen molar-refractivity contribution in [3.63, 3.8) is 0 Å². The van der Waals surface area contributed by atoms with E-state index in [9.17, 15) is 0 Å². The van der Waals surface area contributed by atoms with E-state index < -0.39 is 11.9 Å². The number of aliphatic carboxylic acids is 2.